The molecule has 3 heterocycles. The molecule has 5 rings (SSSR count). The zero-order valence-corrected chi connectivity index (χ0v) is 19.4. The van der Waals surface area contributed by atoms with Gasteiger partial charge >= 0.3 is 0 Å². The minimum Gasteiger partial charge on any atom is -0.497 e. The Morgan fingerprint density at radius 2 is 2.06 bits per heavy atom. The molecule has 2 aromatic heterocycles. The molecule has 1 atom stereocenters. The molecule has 0 bridgehead atoms. The van der Waals surface area contributed by atoms with Crippen molar-refractivity contribution in [3.05, 3.63) is 66.5 Å². The number of aryl methyl sites for hydroxylation is 1. The first-order valence-corrected chi connectivity index (χ1v) is 11.8. The third-order valence-corrected chi connectivity index (χ3v) is 7.09. The number of thioether (sulfide) groups is 1. The summed E-state index contributed by atoms with van der Waals surface area (Å²) < 4.78 is 5.43. The van der Waals surface area contributed by atoms with Crippen molar-refractivity contribution in [2.75, 3.05) is 12.4 Å². The lowest BCUT2D eigenvalue weighted by molar-refractivity contribution is -0.114. The SMILES string of the molecule is CCC1CCc2ccc(Nc3nc(-c4cccnc4)nc4ccc(OC)cc34)cc2SC1=O. The number of carbonyl (C=O) groups excluding carboxylic acids is 1. The second-order valence-corrected chi connectivity index (χ2v) is 9.08. The average molecular weight is 457 g/mol. The fraction of sp³-hybridized carbons (Fsp3) is 0.231. The average Bonchev–Trinajstić information content (AvgIpc) is 3.01. The van der Waals surface area contributed by atoms with Gasteiger partial charge in [0.1, 0.15) is 11.6 Å². The molecule has 0 radical (unpaired) electrons. The third kappa shape index (κ3) is 4.41. The number of rotatable bonds is 5. The summed E-state index contributed by atoms with van der Waals surface area (Å²) in [6.07, 6.45) is 6.20. The van der Waals surface area contributed by atoms with Crippen molar-refractivity contribution >= 4 is 39.3 Å². The van der Waals surface area contributed by atoms with Crippen molar-refractivity contribution in [2.45, 2.75) is 31.1 Å². The Morgan fingerprint density at radius 1 is 1.15 bits per heavy atom. The maximum Gasteiger partial charge on any atom is 0.196 e. The highest BCUT2D eigenvalue weighted by molar-refractivity contribution is 8.13. The molecule has 2 aromatic carbocycles. The van der Waals surface area contributed by atoms with Crippen molar-refractivity contribution in [2.24, 2.45) is 5.92 Å². The Kier molecular flexibility index (Phi) is 5.96. The van der Waals surface area contributed by atoms with E-state index in [1.165, 1.54) is 17.3 Å². The molecule has 0 saturated heterocycles. The van der Waals surface area contributed by atoms with Crippen LogP contribution in [-0.4, -0.2) is 27.2 Å². The summed E-state index contributed by atoms with van der Waals surface area (Å²) in [5.41, 5.74) is 3.74. The van der Waals surface area contributed by atoms with Crippen LogP contribution >= 0.6 is 11.8 Å². The van der Waals surface area contributed by atoms with Gasteiger partial charge in [-0.25, -0.2) is 9.97 Å². The van der Waals surface area contributed by atoms with Crippen LogP contribution in [0.1, 0.15) is 25.3 Å². The number of methoxy groups -OCH3 is 1. The number of pyridine rings is 1. The maximum atomic E-state index is 12.6. The summed E-state index contributed by atoms with van der Waals surface area (Å²) in [4.78, 5) is 27.4. The lowest BCUT2D eigenvalue weighted by Gasteiger charge is -2.13. The van der Waals surface area contributed by atoms with E-state index in [0.717, 1.165) is 52.1 Å². The van der Waals surface area contributed by atoms with Crippen LogP contribution in [0.2, 0.25) is 0 Å². The second-order valence-electron chi connectivity index (χ2n) is 8.03. The van der Waals surface area contributed by atoms with E-state index in [1.807, 2.05) is 42.5 Å². The summed E-state index contributed by atoms with van der Waals surface area (Å²) >= 11 is 1.36. The Bertz CT molecular complexity index is 1330. The van der Waals surface area contributed by atoms with Crippen LogP contribution in [0.5, 0.6) is 5.75 Å². The molecule has 166 valence electrons. The predicted molar refractivity (Wildman–Crippen MR) is 132 cm³/mol. The molecule has 0 fully saturated rings. The minimum absolute atomic E-state index is 0.124. The van der Waals surface area contributed by atoms with Crippen molar-refractivity contribution < 1.29 is 9.53 Å². The smallest absolute Gasteiger partial charge is 0.196 e. The highest BCUT2D eigenvalue weighted by atomic mass is 32.2. The Labute approximate surface area is 196 Å². The standard InChI is InChI=1S/C26H24N4O2S/c1-3-16-6-7-17-8-9-19(13-23(17)33-26(16)31)28-25-21-14-20(32-2)10-11-22(21)29-24(30-25)18-5-4-12-27-15-18/h4-5,8-16H,3,6-7H2,1-2H3,(H,28,29,30). The van der Waals surface area contributed by atoms with E-state index in [2.05, 4.69) is 23.3 Å². The van der Waals surface area contributed by atoms with Crippen LogP contribution in [0.15, 0.2) is 65.8 Å². The summed E-state index contributed by atoms with van der Waals surface area (Å²) in [6, 6.07) is 15.8. The zero-order valence-electron chi connectivity index (χ0n) is 18.5. The quantitative estimate of drug-likeness (QED) is 0.392. The number of aromatic nitrogens is 3. The van der Waals surface area contributed by atoms with E-state index in [9.17, 15) is 4.79 Å². The van der Waals surface area contributed by atoms with Gasteiger partial charge in [-0.1, -0.05) is 24.8 Å². The number of benzene rings is 2. The molecule has 0 saturated carbocycles. The molecular formula is C26H24N4O2S. The van der Waals surface area contributed by atoms with Crippen molar-refractivity contribution in [1.29, 1.82) is 0 Å². The van der Waals surface area contributed by atoms with Gasteiger partial charge in [0.25, 0.3) is 0 Å². The first kappa shape index (κ1) is 21.4. The van der Waals surface area contributed by atoms with E-state index in [4.69, 9.17) is 14.7 Å². The third-order valence-electron chi connectivity index (χ3n) is 5.95. The normalized spacial score (nSPS) is 15.7. The topological polar surface area (TPSA) is 77.0 Å². The monoisotopic (exact) mass is 456 g/mol. The number of hydrogen-bond donors (Lipinski definition) is 1. The highest BCUT2D eigenvalue weighted by Gasteiger charge is 2.23. The van der Waals surface area contributed by atoms with E-state index < -0.39 is 0 Å². The second kappa shape index (κ2) is 9.19. The molecule has 1 unspecified atom stereocenters. The molecule has 0 aliphatic carbocycles. The molecule has 6 nitrogen and oxygen atoms in total. The van der Waals surface area contributed by atoms with E-state index in [-0.39, 0.29) is 11.0 Å². The Hall–Kier alpha value is -3.45. The number of ether oxygens (including phenoxy) is 1. The van der Waals surface area contributed by atoms with E-state index >= 15 is 0 Å². The maximum absolute atomic E-state index is 12.6. The molecule has 0 amide bonds. The van der Waals surface area contributed by atoms with Gasteiger partial charge in [0.05, 0.1) is 12.6 Å². The molecular weight excluding hydrogens is 432 g/mol. The largest absolute Gasteiger partial charge is 0.497 e. The van der Waals surface area contributed by atoms with E-state index in [1.54, 1.807) is 19.5 Å². The number of anilines is 2. The first-order valence-electron chi connectivity index (χ1n) is 11.0. The van der Waals surface area contributed by atoms with Gasteiger partial charge in [-0.3, -0.25) is 9.78 Å². The number of nitrogens with one attached hydrogen (secondary N) is 1. The van der Waals surface area contributed by atoms with Crippen LogP contribution in [-0.2, 0) is 11.2 Å². The molecule has 1 N–H and O–H groups in total. The summed E-state index contributed by atoms with van der Waals surface area (Å²) in [6.45, 7) is 2.08. The Balaban J connectivity index is 1.56. The fourth-order valence-corrected chi connectivity index (χ4v) is 5.19. The Morgan fingerprint density at radius 3 is 2.85 bits per heavy atom. The number of nitrogens with zero attached hydrogens (tertiary/aromatic N) is 3. The van der Waals surface area contributed by atoms with Gasteiger partial charge in [-0.2, -0.15) is 0 Å². The number of hydrogen-bond acceptors (Lipinski definition) is 7. The van der Waals surface area contributed by atoms with Crippen LogP contribution < -0.4 is 10.1 Å². The van der Waals surface area contributed by atoms with E-state index in [0.29, 0.717) is 11.6 Å². The lowest BCUT2D eigenvalue weighted by atomic mass is 9.98. The fourth-order valence-electron chi connectivity index (χ4n) is 4.03. The van der Waals surface area contributed by atoms with Gasteiger partial charge in [0.15, 0.2) is 10.9 Å². The minimum atomic E-state index is 0.124. The molecule has 1 aliphatic rings. The van der Waals surface area contributed by atoms with Crippen LogP contribution in [0.25, 0.3) is 22.3 Å². The lowest BCUT2D eigenvalue weighted by Crippen LogP contribution is -2.08. The molecule has 0 spiro atoms. The number of carbonyl (C=O) groups is 1. The molecule has 33 heavy (non-hydrogen) atoms. The van der Waals surface area contributed by atoms with Gasteiger partial charge < -0.3 is 10.1 Å². The molecule has 7 heteroatoms. The summed E-state index contributed by atoms with van der Waals surface area (Å²) in [5.74, 6) is 2.12. The van der Waals surface area contributed by atoms with Crippen molar-refractivity contribution in [1.82, 2.24) is 15.0 Å². The predicted octanol–water partition coefficient (Wildman–Crippen LogP) is 6.04. The van der Waals surface area contributed by atoms with Crippen LogP contribution in [0.4, 0.5) is 11.5 Å². The summed E-state index contributed by atoms with van der Waals surface area (Å²) in [7, 11) is 1.64. The highest BCUT2D eigenvalue weighted by Crippen LogP contribution is 2.37. The molecule has 4 aromatic rings. The number of fused-ring (bicyclic) bond motifs is 2. The van der Waals surface area contributed by atoms with Gasteiger partial charge in [-0.15, -0.1) is 0 Å². The van der Waals surface area contributed by atoms with Crippen molar-refractivity contribution in [3.8, 4) is 17.1 Å². The molecule has 1 aliphatic heterocycles. The van der Waals surface area contributed by atoms with Gasteiger partial charge in [0.2, 0.25) is 0 Å². The van der Waals surface area contributed by atoms with Gasteiger partial charge in [0, 0.05) is 39.8 Å². The van der Waals surface area contributed by atoms with Crippen LogP contribution in [0, 0.1) is 5.92 Å². The van der Waals surface area contributed by atoms with Gasteiger partial charge in [-0.05, 0) is 67.3 Å². The van der Waals surface area contributed by atoms with Crippen molar-refractivity contribution in [3.63, 3.8) is 0 Å². The zero-order chi connectivity index (χ0) is 22.8. The van der Waals surface area contributed by atoms with Crippen LogP contribution in [0.3, 0.4) is 0 Å². The first-order chi connectivity index (χ1) is 16.1. The summed E-state index contributed by atoms with van der Waals surface area (Å²) in [5, 5.41) is 4.57.